The first-order chi connectivity index (χ1) is 24.3. The third-order valence-corrected chi connectivity index (χ3v) is 8.59. The zero-order valence-corrected chi connectivity index (χ0v) is 26.3. The summed E-state index contributed by atoms with van der Waals surface area (Å²) < 4.78 is 54.2. The molecule has 2 aliphatic heterocycles. The highest BCUT2D eigenvalue weighted by molar-refractivity contribution is 6.22. The second kappa shape index (κ2) is 10.7. The molecule has 0 amide bonds. The van der Waals surface area contributed by atoms with Gasteiger partial charge in [-0.05, 0) is 113 Å². The Morgan fingerprint density at radius 3 is 1.41 bits per heavy atom. The summed E-state index contributed by atoms with van der Waals surface area (Å²) in [6.45, 7) is 9.27. The van der Waals surface area contributed by atoms with Crippen LogP contribution in [-0.4, -0.2) is 36.1 Å². The Bertz CT molecular complexity index is 2440. The largest absolute Gasteiger partial charge is 0.475 e. The van der Waals surface area contributed by atoms with E-state index in [4.69, 9.17) is 26.3 Å². The van der Waals surface area contributed by atoms with Crippen molar-refractivity contribution in [3.8, 4) is 33.4 Å². The zero-order chi connectivity index (χ0) is 35.8. The van der Waals surface area contributed by atoms with Gasteiger partial charge in [0.05, 0.1) is 17.9 Å². The summed E-state index contributed by atoms with van der Waals surface area (Å²) in [5, 5.41) is 3.95. The first-order valence-corrected chi connectivity index (χ1v) is 15.5. The van der Waals surface area contributed by atoms with E-state index in [-0.39, 0.29) is 40.8 Å². The van der Waals surface area contributed by atoms with Crippen LogP contribution >= 0.6 is 0 Å². The molecule has 0 saturated carbocycles. The fraction of sp³-hybridized carbons (Fsp3) is 0.190. The van der Waals surface area contributed by atoms with Crippen LogP contribution in [-0.2, 0) is 9.47 Å². The van der Waals surface area contributed by atoms with Crippen LogP contribution in [0.3, 0.4) is 0 Å². The minimum Gasteiger partial charge on any atom is -0.475 e. The minimum absolute atomic E-state index is 0.169. The highest BCUT2D eigenvalue weighted by Crippen LogP contribution is 2.45. The van der Waals surface area contributed by atoms with Gasteiger partial charge in [0.1, 0.15) is 13.2 Å². The lowest BCUT2D eigenvalue weighted by Crippen LogP contribution is -2.17. The van der Waals surface area contributed by atoms with Crippen LogP contribution in [0.4, 0.5) is 0 Å². The second-order valence-electron chi connectivity index (χ2n) is 13.2. The molecule has 0 saturated heterocycles. The molecule has 0 unspecified atom stereocenters. The van der Waals surface area contributed by atoms with Crippen molar-refractivity contribution in [2.45, 2.75) is 38.8 Å². The Kier molecular flexibility index (Phi) is 5.39. The summed E-state index contributed by atoms with van der Waals surface area (Å²) in [5.41, 5.74) is 5.98. The zero-order valence-electron chi connectivity index (χ0n) is 31.3. The molecule has 0 bridgehead atoms. The topological polar surface area (TPSA) is 43.2 Å². The number of hydrogen-bond acceptors (Lipinski definition) is 4. The lowest BCUT2D eigenvalue weighted by atomic mass is 9.84. The number of rotatable bonds is 5. The number of hydrogen-bond donors (Lipinski definition) is 0. The molecule has 0 spiro atoms. The van der Waals surface area contributed by atoms with Crippen LogP contribution in [0, 0.1) is 0 Å². The third-order valence-electron chi connectivity index (χ3n) is 8.59. The van der Waals surface area contributed by atoms with Crippen LogP contribution in [0.25, 0.3) is 54.9 Å². The highest BCUT2D eigenvalue weighted by atomic mass is 16.5. The molecule has 46 heavy (non-hydrogen) atoms. The molecule has 0 atom stereocenters. The molecule has 0 N–H and O–H groups in total. The summed E-state index contributed by atoms with van der Waals surface area (Å²) in [5.74, 6) is 1.27. The molecule has 0 aromatic heterocycles. The van der Waals surface area contributed by atoms with E-state index in [1.165, 1.54) is 0 Å². The van der Waals surface area contributed by atoms with Gasteiger partial charge in [-0.3, -0.25) is 0 Å². The number of ether oxygens (including phenoxy) is 2. The van der Waals surface area contributed by atoms with Gasteiger partial charge in [-0.25, -0.2) is 9.98 Å². The Morgan fingerprint density at radius 1 is 0.500 bits per heavy atom. The molecule has 0 aliphatic carbocycles. The van der Waals surface area contributed by atoms with E-state index in [1.807, 2.05) is 68.4 Å². The van der Waals surface area contributed by atoms with Crippen LogP contribution in [0.2, 0.25) is 0 Å². The standard InChI is InChI=1S/C42H36N2O2/c1-41(2)25-45-39(43-41)30-18-14-28(15-19-30)37-33-12-8-9-13-34(33)38(29-16-20-31(21-17-29)40-44-42(3,4)26-46-40)36-24-32(22-23-35(36)37)27-10-6-5-7-11-27/h5-24H,25-26H2,1-4H3/i5D,6D,7D,10D,11D. The Hall–Kier alpha value is -5.22. The van der Waals surface area contributed by atoms with Crippen molar-refractivity contribution in [2.75, 3.05) is 13.2 Å². The molecule has 2 heterocycles. The Labute approximate surface area is 277 Å². The van der Waals surface area contributed by atoms with Gasteiger partial charge in [0.15, 0.2) is 0 Å². The predicted molar refractivity (Wildman–Crippen MR) is 191 cm³/mol. The summed E-state index contributed by atoms with van der Waals surface area (Å²) in [6, 6.07) is 29.0. The number of fused-ring (bicyclic) bond motifs is 2. The fourth-order valence-electron chi connectivity index (χ4n) is 6.37. The highest BCUT2D eigenvalue weighted by Gasteiger charge is 2.28. The van der Waals surface area contributed by atoms with Crippen molar-refractivity contribution in [3.05, 3.63) is 132 Å². The molecule has 8 rings (SSSR count). The van der Waals surface area contributed by atoms with Gasteiger partial charge in [0.25, 0.3) is 0 Å². The average molecular weight is 606 g/mol. The number of aliphatic imine (C=N–C) groups is 2. The van der Waals surface area contributed by atoms with Crippen molar-refractivity contribution in [1.29, 1.82) is 0 Å². The van der Waals surface area contributed by atoms with E-state index >= 15 is 0 Å². The van der Waals surface area contributed by atoms with Gasteiger partial charge in [-0.2, -0.15) is 0 Å². The van der Waals surface area contributed by atoms with E-state index in [0.29, 0.717) is 30.6 Å². The van der Waals surface area contributed by atoms with Gasteiger partial charge in [-0.1, -0.05) is 90.9 Å². The Balaban J connectivity index is 1.38. The summed E-state index contributed by atoms with van der Waals surface area (Å²) in [4.78, 5) is 9.52. The average Bonchev–Trinajstić information content (AvgIpc) is 3.69. The number of nitrogens with zero attached hydrogens (tertiary/aromatic N) is 2. The molecule has 4 heteroatoms. The van der Waals surface area contributed by atoms with Gasteiger partial charge in [-0.15, -0.1) is 0 Å². The van der Waals surface area contributed by atoms with Crippen LogP contribution in [0.15, 0.2) is 131 Å². The van der Waals surface area contributed by atoms with Crippen molar-refractivity contribution in [3.63, 3.8) is 0 Å². The van der Waals surface area contributed by atoms with E-state index in [2.05, 4.69) is 50.2 Å². The van der Waals surface area contributed by atoms with E-state index < -0.39 is 6.04 Å². The molecule has 0 radical (unpaired) electrons. The third kappa shape index (κ3) is 5.04. The van der Waals surface area contributed by atoms with Crippen LogP contribution in [0.1, 0.15) is 45.7 Å². The lowest BCUT2D eigenvalue weighted by Gasteiger charge is -2.19. The maximum Gasteiger partial charge on any atom is 0.216 e. The molecule has 4 nitrogen and oxygen atoms in total. The van der Waals surface area contributed by atoms with Crippen LogP contribution in [0.5, 0.6) is 0 Å². The molecule has 2 aliphatic rings. The van der Waals surface area contributed by atoms with Gasteiger partial charge in [0.2, 0.25) is 11.8 Å². The minimum atomic E-state index is -0.413. The molecule has 226 valence electrons. The van der Waals surface area contributed by atoms with E-state index in [9.17, 15) is 0 Å². The van der Waals surface area contributed by atoms with E-state index in [0.717, 1.165) is 54.9 Å². The van der Waals surface area contributed by atoms with Crippen molar-refractivity contribution in [1.82, 2.24) is 0 Å². The van der Waals surface area contributed by atoms with Crippen molar-refractivity contribution < 1.29 is 16.3 Å². The monoisotopic (exact) mass is 605 g/mol. The molecular weight excluding hydrogens is 564 g/mol. The smallest absolute Gasteiger partial charge is 0.216 e. The van der Waals surface area contributed by atoms with Crippen molar-refractivity contribution in [2.24, 2.45) is 9.98 Å². The Morgan fingerprint density at radius 2 is 0.935 bits per heavy atom. The number of benzene rings is 6. The molecular formula is C42H36N2O2. The molecule has 6 aromatic rings. The fourth-order valence-corrected chi connectivity index (χ4v) is 6.37. The van der Waals surface area contributed by atoms with E-state index in [1.54, 1.807) is 0 Å². The van der Waals surface area contributed by atoms with Crippen LogP contribution < -0.4 is 0 Å². The molecule has 0 fully saturated rings. The van der Waals surface area contributed by atoms with Gasteiger partial charge in [0, 0.05) is 11.1 Å². The maximum absolute atomic E-state index is 8.74. The normalized spacial score (nSPS) is 18.1. The predicted octanol–water partition coefficient (Wildman–Crippen LogP) is 10.1. The summed E-state index contributed by atoms with van der Waals surface area (Å²) >= 11 is 0. The molecule has 6 aromatic carbocycles. The van der Waals surface area contributed by atoms with Gasteiger partial charge >= 0.3 is 0 Å². The lowest BCUT2D eigenvalue weighted by molar-refractivity contribution is 0.279. The SMILES string of the molecule is [2H]c1c([2H])c([2H])c(-c2ccc3c(-c4ccc(C5=NC(C)(C)CO5)cc4)c4ccccc4c(-c4ccc(C5=NC(C)(C)CO5)cc4)c3c2)c([2H])c1[2H]. The maximum atomic E-state index is 8.74. The quantitative estimate of drug-likeness (QED) is 0.184. The first kappa shape index (κ1) is 23.2. The second-order valence-corrected chi connectivity index (χ2v) is 13.2. The van der Waals surface area contributed by atoms with Gasteiger partial charge < -0.3 is 9.47 Å². The summed E-state index contributed by atoms with van der Waals surface area (Å²) in [7, 11) is 0. The first-order valence-electron chi connectivity index (χ1n) is 18.0. The van der Waals surface area contributed by atoms with Crippen molar-refractivity contribution >= 4 is 33.3 Å². The summed E-state index contributed by atoms with van der Waals surface area (Å²) in [6.07, 6.45) is 0.